The summed E-state index contributed by atoms with van der Waals surface area (Å²) in [5.74, 6) is -1.27. The summed E-state index contributed by atoms with van der Waals surface area (Å²) in [5, 5.41) is 21.4. The first-order valence-electron chi connectivity index (χ1n) is 5.15. The summed E-state index contributed by atoms with van der Waals surface area (Å²) in [7, 11) is 0. The van der Waals surface area contributed by atoms with Crippen molar-refractivity contribution in [1.82, 2.24) is 0 Å². The fourth-order valence-electron chi connectivity index (χ4n) is 1.33. The fourth-order valence-corrected chi connectivity index (χ4v) is 1.33. The molecule has 1 amide bonds. The molecule has 0 aliphatic rings. The maximum absolute atomic E-state index is 11.2. The molecule has 96 valence electrons. The second-order valence-corrected chi connectivity index (χ2v) is 3.28. The van der Waals surface area contributed by atoms with Crippen LogP contribution < -0.4 is 5.32 Å². The normalized spacial score (nSPS) is 10.3. The predicted octanol–water partition coefficient (Wildman–Crippen LogP) is 2.52. The molecule has 2 aromatic rings. The summed E-state index contributed by atoms with van der Waals surface area (Å²) in [6.07, 6.45) is 0.583. The van der Waals surface area contributed by atoms with Crippen LogP contribution in [0.25, 0.3) is 11.5 Å². The van der Waals surface area contributed by atoms with Crippen LogP contribution in [-0.2, 0) is 4.74 Å². The van der Waals surface area contributed by atoms with E-state index in [-0.39, 0.29) is 24.0 Å². The Morgan fingerprint density at radius 1 is 1.44 bits per heavy atom. The Bertz CT molecular complexity index is 542. The first-order chi connectivity index (χ1) is 8.63. The molecule has 3 N–H and O–H groups in total. The molecule has 0 bridgehead atoms. The van der Waals surface area contributed by atoms with E-state index in [9.17, 15) is 15.0 Å². The maximum atomic E-state index is 11.2. The molecule has 2 rings (SSSR count). The molecule has 7 nitrogen and oxygen atoms in total. The molecule has 18 heavy (non-hydrogen) atoms. The number of amides is 1. The smallest absolute Gasteiger partial charge is 0.414 e. The molecule has 7 heteroatoms. The van der Waals surface area contributed by atoms with Crippen LogP contribution in [-0.4, -0.2) is 22.9 Å². The minimum Gasteiger partial charge on any atom is -0.501 e. The lowest BCUT2D eigenvalue weighted by Gasteiger charge is -2.01. The van der Waals surface area contributed by atoms with Gasteiger partial charge in [-0.05, 0) is 19.1 Å². The van der Waals surface area contributed by atoms with E-state index < -0.39 is 17.6 Å². The third kappa shape index (κ3) is 2.10. The number of hydrogen-bond acceptors (Lipinski definition) is 6. The molecule has 0 spiro atoms. The molecule has 0 fully saturated rings. The van der Waals surface area contributed by atoms with Gasteiger partial charge >= 0.3 is 6.09 Å². The van der Waals surface area contributed by atoms with Crippen LogP contribution in [0.4, 0.5) is 10.7 Å². The van der Waals surface area contributed by atoms with Gasteiger partial charge < -0.3 is 23.8 Å². The number of furan rings is 2. The van der Waals surface area contributed by atoms with Gasteiger partial charge in [0.05, 0.1) is 12.9 Å². The van der Waals surface area contributed by atoms with Crippen molar-refractivity contribution in [1.29, 1.82) is 0 Å². The van der Waals surface area contributed by atoms with E-state index in [1.807, 2.05) is 0 Å². The number of ether oxygens (including phenoxy) is 1. The molecule has 0 saturated carbocycles. The van der Waals surface area contributed by atoms with Crippen molar-refractivity contribution in [3.8, 4) is 23.0 Å². The first kappa shape index (κ1) is 11.9. The van der Waals surface area contributed by atoms with Gasteiger partial charge in [0, 0.05) is 0 Å². The van der Waals surface area contributed by atoms with Gasteiger partial charge in [0.1, 0.15) is 0 Å². The highest BCUT2D eigenvalue weighted by molar-refractivity contribution is 5.86. The number of aromatic hydroxyl groups is 2. The summed E-state index contributed by atoms with van der Waals surface area (Å²) >= 11 is 0. The van der Waals surface area contributed by atoms with Crippen molar-refractivity contribution < 1.29 is 28.6 Å². The molecule has 0 saturated heterocycles. The van der Waals surface area contributed by atoms with E-state index >= 15 is 0 Å². The third-order valence-electron chi connectivity index (χ3n) is 2.09. The number of anilines is 1. The summed E-state index contributed by atoms with van der Waals surface area (Å²) in [5.41, 5.74) is 0. The van der Waals surface area contributed by atoms with E-state index in [2.05, 4.69) is 10.1 Å². The van der Waals surface area contributed by atoms with E-state index in [1.165, 1.54) is 12.3 Å². The molecule has 0 aromatic carbocycles. The number of rotatable bonds is 3. The first-order valence-corrected chi connectivity index (χ1v) is 5.15. The number of carbonyl (C=O) groups excluding carboxylic acids is 1. The zero-order valence-corrected chi connectivity index (χ0v) is 9.47. The lowest BCUT2D eigenvalue weighted by molar-refractivity contribution is 0.167. The maximum Gasteiger partial charge on any atom is 0.414 e. The van der Waals surface area contributed by atoms with Crippen LogP contribution in [0.1, 0.15) is 6.92 Å². The molecule has 0 aliphatic heterocycles. The van der Waals surface area contributed by atoms with Crippen LogP contribution >= 0.6 is 0 Å². The van der Waals surface area contributed by atoms with Crippen LogP contribution in [0.15, 0.2) is 27.2 Å². The van der Waals surface area contributed by atoms with E-state index in [1.54, 1.807) is 13.0 Å². The summed E-state index contributed by atoms with van der Waals surface area (Å²) < 4.78 is 14.7. The van der Waals surface area contributed by atoms with Crippen LogP contribution in [0, 0.1) is 0 Å². The molecule has 2 heterocycles. The van der Waals surface area contributed by atoms with Crippen LogP contribution in [0.2, 0.25) is 0 Å². The SMILES string of the molecule is CCOC(=O)Nc1oc(-c2ccco2)c(O)c1O. The van der Waals surface area contributed by atoms with Crippen molar-refractivity contribution in [2.75, 3.05) is 11.9 Å². The van der Waals surface area contributed by atoms with Gasteiger partial charge in [-0.15, -0.1) is 0 Å². The van der Waals surface area contributed by atoms with Gasteiger partial charge in [-0.2, -0.15) is 0 Å². The summed E-state index contributed by atoms with van der Waals surface area (Å²) in [4.78, 5) is 11.2. The van der Waals surface area contributed by atoms with Crippen molar-refractivity contribution in [3.05, 3.63) is 18.4 Å². The van der Waals surface area contributed by atoms with Gasteiger partial charge in [-0.3, -0.25) is 5.32 Å². The average molecular weight is 253 g/mol. The van der Waals surface area contributed by atoms with Crippen molar-refractivity contribution in [3.63, 3.8) is 0 Å². The van der Waals surface area contributed by atoms with Crippen LogP contribution in [0.3, 0.4) is 0 Å². The summed E-state index contributed by atoms with van der Waals surface area (Å²) in [6.45, 7) is 1.80. The number of nitrogens with one attached hydrogen (secondary N) is 1. The standard InChI is InChI=1S/C11H11NO6/c1-2-16-11(15)12-10-8(14)7(13)9(18-10)6-4-3-5-17-6/h3-5,13-14H,2H2,1H3,(H,12,15). The molecular weight excluding hydrogens is 242 g/mol. The zero-order chi connectivity index (χ0) is 13.1. The minimum atomic E-state index is -0.799. The highest BCUT2D eigenvalue weighted by Crippen LogP contribution is 2.45. The molecule has 2 aromatic heterocycles. The zero-order valence-electron chi connectivity index (χ0n) is 9.47. The minimum absolute atomic E-state index is 0.0794. The Hall–Kier alpha value is -2.57. The number of hydrogen-bond donors (Lipinski definition) is 3. The Morgan fingerprint density at radius 2 is 2.22 bits per heavy atom. The van der Waals surface area contributed by atoms with Crippen molar-refractivity contribution in [2.24, 2.45) is 0 Å². The van der Waals surface area contributed by atoms with Gasteiger partial charge in [0.2, 0.25) is 23.1 Å². The second kappa shape index (κ2) is 4.74. The molecule has 0 aliphatic carbocycles. The molecule has 0 radical (unpaired) electrons. The Labute approximate surface area is 102 Å². The van der Waals surface area contributed by atoms with Gasteiger partial charge in [0.15, 0.2) is 5.76 Å². The van der Waals surface area contributed by atoms with Gasteiger partial charge in [0.25, 0.3) is 0 Å². The summed E-state index contributed by atoms with van der Waals surface area (Å²) in [6, 6.07) is 3.12. The van der Waals surface area contributed by atoms with Gasteiger partial charge in [-0.25, -0.2) is 4.79 Å². The highest BCUT2D eigenvalue weighted by atomic mass is 16.6. The lowest BCUT2D eigenvalue weighted by atomic mass is 10.3. The van der Waals surface area contributed by atoms with E-state index in [4.69, 9.17) is 8.83 Å². The molecule has 0 unspecified atom stereocenters. The number of carbonyl (C=O) groups is 1. The second-order valence-electron chi connectivity index (χ2n) is 3.28. The van der Waals surface area contributed by atoms with Crippen molar-refractivity contribution in [2.45, 2.75) is 6.92 Å². The monoisotopic (exact) mass is 253 g/mol. The molecular formula is C11H11NO6. The largest absolute Gasteiger partial charge is 0.501 e. The predicted molar refractivity (Wildman–Crippen MR) is 60.4 cm³/mol. The molecule has 0 atom stereocenters. The lowest BCUT2D eigenvalue weighted by Crippen LogP contribution is -2.12. The average Bonchev–Trinajstić information content (AvgIpc) is 2.93. The topological polar surface area (TPSA) is 105 Å². The van der Waals surface area contributed by atoms with E-state index in [0.29, 0.717) is 0 Å². The van der Waals surface area contributed by atoms with Crippen molar-refractivity contribution >= 4 is 12.0 Å². The Kier molecular flexibility index (Phi) is 3.13. The van der Waals surface area contributed by atoms with E-state index in [0.717, 1.165) is 0 Å². The quantitative estimate of drug-likeness (QED) is 0.776. The fraction of sp³-hybridized carbons (Fsp3) is 0.182. The Balaban J connectivity index is 2.28. The highest BCUT2D eigenvalue weighted by Gasteiger charge is 2.23. The van der Waals surface area contributed by atoms with Crippen LogP contribution in [0.5, 0.6) is 11.5 Å². The Morgan fingerprint density at radius 3 is 2.83 bits per heavy atom. The van der Waals surface area contributed by atoms with Gasteiger partial charge in [-0.1, -0.05) is 0 Å². The third-order valence-corrected chi connectivity index (χ3v) is 2.09.